The summed E-state index contributed by atoms with van der Waals surface area (Å²) in [5, 5.41) is 8.41. The van der Waals surface area contributed by atoms with Crippen molar-refractivity contribution in [3.8, 4) is 0 Å². The number of aromatic nitrogens is 1. The van der Waals surface area contributed by atoms with Crippen molar-refractivity contribution >= 4 is 29.0 Å². The zero-order valence-corrected chi connectivity index (χ0v) is 19.8. The minimum absolute atomic E-state index is 0.0120. The molecule has 0 aliphatic rings. The van der Waals surface area contributed by atoms with Gasteiger partial charge in [0.1, 0.15) is 10.7 Å². The molecule has 1 aromatic carbocycles. The first-order chi connectivity index (χ1) is 14.1. The number of thiazole rings is 1. The van der Waals surface area contributed by atoms with E-state index in [0.29, 0.717) is 24.1 Å². The number of anilines is 1. The van der Waals surface area contributed by atoms with E-state index < -0.39 is 0 Å². The smallest absolute Gasteiger partial charge is 0.322 e. The average Bonchev–Trinajstić information content (AvgIpc) is 3.15. The van der Waals surface area contributed by atoms with Crippen molar-refractivity contribution in [1.82, 2.24) is 15.2 Å². The standard InChI is InChI=1S/C23H34N4O2S/c1-14(2)17(7)24-22(28)20-13-30-21(26-20)12-27(16(5)6)23(29)25-19-10-8-18(9-11-19)15(3)4/h8-11,13-17H,12H2,1-7H3,(H,24,28)(H,25,29). The van der Waals surface area contributed by atoms with Crippen LogP contribution in [0.1, 0.15) is 75.4 Å². The van der Waals surface area contributed by atoms with Crippen LogP contribution < -0.4 is 10.6 Å². The molecule has 0 radical (unpaired) electrons. The van der Waals surface area contributed by atoms with Crippen molar-refractivity contribution in [3.05, 3.63) is 45.9 Å². The second-order valence-electron chi connectivity index (χ2n) is 8.56. The van der Waals surface area contributed by atoms with Gasteiger partial charge in [-0.05, 0) is 50.3 Å². The molecule has 1 unspecified atom stereocenters. The molecule has 3 amide bonds. The van der Waals surface area contributed by atoms with Crippen molar-refractivity contribution in [3.63, 3.8) is 0 Å². The van der Waals surface area contributed by atoms with Gasteiger partial charge in [0.2, 0.25) is 0 Å². The molecule has 1 aromatic heterocycles. The maximum absolute atomic E-state index is 12.9. The molecule has 0 aliphatic carbocycles. The Balaban J connectivity index is 2.04. The largest absolute Gasteiger partial charge is 0.348 e. The normalized spacial score (nSPS) is 12.3. The van der Waals surface area contributed by atoms with Crippen LogP contribution in [-0.4, -0.2) is 33.9 Å². The molecule has 0 aliphatic heterocycles. The fourth-order valence-corrected chi connectivity index (χ4v) is 3.49. The second kappa shape index (κ2) is 10.6. The molecule has 7 heteroatoms. The Bertz CT molecular complexity index is 843. The molecule has 2 aromatic rings. The highest BCUT2D eigenvalue weighted by molar-refractivity contribution is 7.09. The van der Waals surface area contributed by atoms with Crippen LogP contribution in [0.4, 0.5) is 10.5 Å². The molecule has 1 heterocycles. The number of amides is 3. The topological polar surface area (TPSA) is 74.3 Å². The molecule has 164 valence electrons. The Hall–Kier alpha value is -2.41. The summed E-state index contributed by atoms with van der Waals surface area (Å²) in [7, 11) is 0. The van der Waals surface area contributed by atoms with Crippen LogP contribution in [0.25, 0.3) is 0 Å². The molecule has 0 saturated heterocycles. The predicted octanol–water partition coefficient (Wildman–Crippen LogP) is 5.48. The first kappa shape index (κ1) is 23.9. The SMILES string of the molecule is CC(C)c1ccc(NC(=O)N(Cc2nc(C(=O)NC(C)C(C)C)cs2)C(C)C)cc1. The lowest BCUT2D eigenvalue weighted by molar-refractivity contribution is 0.0926. The van der Waals surface area contributed by atoms with Gasteiger partial charge in [-0.2, -0.15) is 0 Å². The van der Waals surface area contributed by atoms with E-state index >= 15 is 0 Å². The minimum atomic E-state index is -0.183. The molecule has 0 spiro atoms. The zero-order chi connectivity index (χ0) is 22.4. The van der Waals surface area contributed by atoms with Crippen LogP contribution >= 0.6 is 11.3 Å². The fourth-order valence-electron chi connectivity index (χ4n) is 2.72. The Labute approximate surface area is 184 Å². The summed E-state index contributed by atoms with van der Waals surface area (Å²) < 4.78 is 0. The number of carbonyl (C=O) groups is 2. The van der Waals surface area contributed by atoms with E-state index in [-0.39, 0.29) is 24.0 Å². The van der Waals surface area contributed by atoms with Crippen LogP contribution in [0.2, 0.25) is 0 Å². The van der Waals surface area contributed by atoms with Crippen LogP contribution in [-0.2, 0) is 6.54 Å². The molecule has 0 fully saturated rings. The Morgan fingerprint density at radius 1 is 1.03 bits per heavy atom. The second-order valence-corrected chi connectivity index (χ2v) is 9.50. The summed E-state index contributed by atoms with van der Waals surface area (Å²) in [4.78, 5) is 31.4. The van der Waals surface area contributed by atoms with E-state index in [9.17, 15) is 9.59 Å². The van der Waals surface area contributed by atoms with E-state index in [2.05, 4.69) is 43.3 Å². The Kier molecular flexibility index (Phi) is 8.41. The summed E-state index contributed by atoms with van der Waals surface area (Å²) in [6.07, 6.45) is 0. The number of hydrogen-bond donors (Lipinski definition) is 2. The van der Waals surface area contributed by atoms with Crippen molar-refractivity contribution in [2.45, 2.75) is 73.0 Å². The highest BCUT2D eigenvalue weighted by atomic mass is 32.1. The van der Waals surface area contributed by atoms with E-state index in [1.54, 1.807) is 10.3 Å². The van der Waals surface area contributed by atoms with Gasteiger partial charge in [-0.15, -0.1) is 11.3 Å². The summed E-state index contributed by atoms with van der Waals surface area (Å²) in [5.41, 5.74) is 2.39. The van der Waals surface area contributed by atoms with Gasteiger partial charge in [0.05, 0.1) is 6.54 Å². The van der Waals surface area contributed by atoms with Gasteiger partial charge in [0.15, 0.2) is 0 Å². The van der Waals surface area contributed by atoms with E-state index in [0.717, 1.165) is 10.7 Å². The van der Waals surface area contributed by atoms with Gasteiger partial charge in [0, 0.05) is 23.2 Å². The number of urea groups is 1. The first-order valence-corrected chi connectivity index (χ1v) is 11.4. The number of nitrogens with one attached hydrogen (secondary N) is 2. The third-order valence-electron chi connectivity index (χ3n) is 5.16. The van der Waals surface area contributed by atoms with E-state index in [1.807, 2.05) is 45.0 Å². The molecule has 1 atom stereocenters. The van der Waals surface area contributed by atoms with Crippen LogP contribution in [0.5, 0.6) is 0 Å². The lowest BCUT2D eigenvalue weighted by atomic mass is 10.0. The van der Waals surface area contributed by atoms with Crippen LogP contribution in [0.15, 0.2) is 29.6 Å². The number of carbonyl (C=O) groups excluding carboxylic acids is 2. The molecular weight excluding hydrogens is 396 g/mol. The number of hydrogen-bond acceptors (Lipinski definition) is 4. The van der Waals surface area contributed by atoms with Gasteiger partial charge in [-0.1, -0.05) is 39.8 Å². The van der Waals surface area contributed by atoms with Crippen molar-refractivity contribution in [1.29, 1.82) is 0 Å². The quantitative estimate of drug-likeness (QED) is 0.582. The van der Waals surface area contributed by atoms with Gasteiger partial charge in [0.25, 0.3) is 5.91 Å². The Morgan fingerprint density at radius 3 is 2.20 bits per heavy atom. The maximum atomic E-state index is 12.9. The lowest BCUT2D eigenvalue weighted by Gasteiger charge is -2.26. The number of nitrogens with zero attached hydrogens (tertiary/aromatic N) is 2. The Morgan fingerprint density at radius 2 is 1.67 bits per heavy atom. The average molecular weight is 431 g/mol. The van der Waals surface area contributed by atoms with Crippen molar-refractivity contribution < 1.29 is 9.59 Å². The lowest BCUT2D eigenvalue weighted by Crippen LogP contribution is -2.39. The van der Waals surface area contributed by atoms with E-state index in [1.165, 1.54) is 16.9 Å². The van der Waals surface area contributed by atoms with Crippen LogP contribution in [0, 0.1) is 5.92 Å². The highest BCUT2D eigenvalue weighted by Gasteiger charge is 2.21. The van der Waals surface area contributed by atoms with Crippen molar-refractivity contribution in [2.75, 3.05) is 5.32 Å². The molecule has 30 heavy (non-hydrogen) atoms. The minimum Gasteiger partial charge on any atom is -0.348 e. The number of benzene rings is 1. The third-order valence-corrected chi connectivity index (χ3v) is 6.00. The molecule has 0 saturated carbocycles. The molecule has 0 bridgehead atoms. The van der Waals surface area contributed by atoms with Gasteiger partial charge in [-0.3, -0.25) is 4.79 Å². The van der Waals surface area contributed by atoms with E-state index in [4.69, 9.17) is 0 Å². The van der Waals surface area contributed by atoms with Crippen LogP contribution in [0.3, 0.4) is 0 Å². The zero-order valence-electron chi connectivity index (χ0n) is 19.0. The van der Waals surface area contributed by atoms with Gasteiger partial charge >= 0.3 is 6.03 Å². The predicted molar refractivity (Wildman–Crippen MR) is 124 cm³/mol. The first-order valence-electron chi connectivity index (χ1n) is 10.5. The fraction of sp³-hybridized carbons (Fsp3) is 0.522. The van der Waals surface area contributed by atoms with Gasteiger partial charge < -0.3 is 15.5 Å². The summed E-state index contributed by atoms with van der Waals surface area (Å²) in [5.74, 6) is 0.619. The maximum Gasteiger partial charge on any atom is 0.322 e. The number of rotatable bonds is 8. The van der Waals surface area contributed by atoms with Gasteiger partial charge in [-0.25, -0.2) is 9.78 Å². The highest BCUT2D eigenvalue weighted by Crippen LogP contribution is 2.19. The monoisotopic (exact) mass is 430 g/mol. The van der Waals surface area contributed by atoms with Crippen molar-refractivity contribution in [2.24, 2.45) is 5.92 Å². The summed E-state index contributed by atoms with van der Waals surface area (Å²) in [6, 6.07) is 7.79. The molecule has 2 N–H and O–H groups in total. The third kappa shape index (κ3) is 6.55. The molecule has 6 nitrogen and oxygen atoms in total. The summed E-state index contributed by atoms with van der Waals surface area (Å²) in [6.45, 7) is 14.7. The molecule has 2 rings (SSSR count). The molecular formula is C23H34N4O2S. The summed E-state index contributed by atoms with van der Waals surface area (Å²) >= 11 is 1.39.